The predicted molar refractivity (Wildman–Crippen MR) is 89.1 cm³/mol. The molecule has 3 aromatic rings. The van der Waals surface area contributed by atoms with Gasteiger partial charge in [0, 0.05) is 10.9 Å². The van der Waals surface area contributed by atoms with Crippen molar-refractivity contribution in [1.82, 2.24) is 10.5 Å². The fraction of sp³-hybridized carbons (Fsp3) is 0. The van der Waals surface area contributed by atoms with Crippen molar-refractivity contribution in [3.05, 3.63) is 58.3 Å². The van der Waals surface area contributed by atoms with Crippen LogP contribution in [0.3, 0.4) is 0 Å². The van der Waals surface area contributed by atoms with Gasteiger partial charge < -0.3 is 0 Å². The number of nitrogens with one attached hydrogen (secondary N) is 2. The van der Waals surface area contributed by atoms with Gasteiger partial charge in [0.15, 0.2) is 5.13 Å². The first kappa shape index (κ1) is 15.3. The summed E-state index contributed by atoms with van der Waals surface area (Å²) in [5.41, 5.74) is 2.82. The second-order valence-electron chi connectivity index (χ2n) is 4.46. The van der Waals surface area contributed by atoms with E-state index in [0.717, 1.165) is 4.88 Å². The Morgan fingerprint density at radius 3 is 2.57 bits per heavy atom. The van der Waals surface area contributed by atoms with Crippen LogP contribution in [0.1, 0.15) is 20.0 Å². The summed E-state index contributed by atoms with van der Waals surface area (Å²) in [5.74, 6) is -0.785. The van der Waals surface area contributed by atoms with Crippen LogP contribution in [0, 0.1) is 0 Å². The molecule has 0 saturated heterocycles. The third-order valence-corrected chi connectivity index (χ3v) is 4.81. The molecule has 116 valence electrons. The van der Waals surface area contributed by atoms with Crippen LogP contribution in [0.4, 0.5) is 5.13 Å². The topological polar surface area (TPSA) is 91.3 Å². The summed E-state index contributed by atoms with van der Waals surface area (Å²) in [6, 6.07) is 12.2. The quantitative estimate of drug-likeness (QED) is 0.500. The molecule has 0 aliphatic carbocycles. The molecule has 0 aliphatic heterocycles. The molecule has 8 heteroatoms. The van der Waals surface area contributed by atoms with Crippen LogP contribution in [0.15, 0.2) is 47.8 Å². The minimum atomic E-state index is -0.561. The number of benzene rings is 1. The minimum Gasteiger partial charge on any atom is -0.298 e. The van der Waals surface area contributed by atoms with Gasteiger partial charge in [-0.15, -0.1) is 22.7 Å². The summed E-state index contributed by atoms with van der Waals surface area (Å²) in [6.45, 7) is 0. The number of thiophene rings is 1. The number of carbonyl (C=O) groups excluding carboxylic acids is 2. The second-order valence-corrected chi connectivity index (χ2v) is 6.40. The number of nitrogens with zero attached hydrogens (tertiary/aromatic N) is 1. The van der Waals surface area contributed by atoms with Crippen LogP contribution < -0.4 is 10.8 Å². The highest BCUT2D eigenvalue weighted by Crippen LogP contribution is 2.30. The van der Waals surface area contributed by atoms with Gasteiger partial charge in [0.2, 0.25) is 0 Å². The molecule has 0 bridgehead atoms. The van der Waals surface area contributed by atoms with E-state index in [-0.39, 0.29) is 5.91 Å². The van der Waals surface area contributed by atoms with Crippen molar-refractivity contribution in [3.8, 4) is 10.6 Å². The van der Waals surface area contributed by atoms with Gasteiger partial charge >= 0.3 is 0 Å². The summed E-state index contributed by atoms with van der Waals surface area (Å²) >= 11 is 2.51. The van der Waals surface area contributed by atoms with Crippen LogP contribution >= 0.6 is 22.7 Å². The molecule has 2 heterocycles. The maximum Gasteiger partial charge on any atom is 0.284 e. The average Bonchev–Trinajstić information content (AvgIpc) is 3.24. The standard InChI is InChI=1S/C15H11N3O3S2/c19-13(9-4-2-1-3-5-9)17-15-16-10(8-22-15)11-6-7-12(23-11)14(20)18-21/h1-8,21H,(H,18,20)(H,16,17,19). The molecular weight excluding hydrogens is 334 g/mol. The van der Waals surface area contributed by atoms with Crippen LogP contribution in [0.25, 0.3) is 10.6 Å². The number of rotatable bonds is 4. The van der Waals surface area contributed by atoms with Crippen molar-refractivity contribution in [3.63, 3.8) is 0 Å². The van der Waals surface area contributed by atoms with Crippen molar-refractivity contribution in [2.45, 2.75) is 0 Å². The van der Waals surface area contributed by atoms with Gasteiger partial charge in [-0.3, -0.25) is 20.1 Å². The third kappa shape index (κ3) is 3.45. The lowest BCUT2D eigenvalue weighted by atomic mass is 10.2. The van der Waals surface area contributed by atoms with E-state index >= 15 is 0 Å². The molecule has 0 unspecified atom stereocenters. The lowest BCUT2D eigenvalue weighted by Crippen LogP contribution is -2.16. The Bertz CT molecular complexity index is 843. The lowest BCUT2D eigenvalue weighted by Gasteiger charge is -2.00. The van der Waals surface area contributed by atoms with Gasteiger partial charge in [-0.25, -0.2) is 10.5 Å². The van der Waals surface area contributed by atoms with Crippen molar-refractivity contribution >= 4 is 39.6 Å². The molecule has 0 atom stereocenters. The van der Waals surface area contributed by atoms with E-state index in [1.54, 1.807) is 47.3 Å². The number of carbonyl (C=O) groups is 2. The molecule has 0 radical (unpaired) electrons. The lowest BCUT2D eigenvalue weighted by molar-refractivity contribution is 0.0711. The number of amides is 2. The predicted octanol–water partition coefficient (Wildman–Crippen LogP) is 3.24. The smallest absolute Gasteiger partial charge is 0.284 e. The van der Waals surface area contributed by atoms with E-state index in [1.807, 2.05) is 6.07 Å². The number of hydrogen-bond acceptors (Lipinski definition) is 6. The van der Waals surface area contributed by atoms with Gasteiger partial charge in [0.05, 0.1) is 15.4 Å². The molecule has 0 saturated carbocycles. The van der Waals surface area contributed by atoms with Crippen molar-refractivity contribution in [2.75, 3.05) is 5.32 Å². The average molecular weight is 345 g/mol. The number of hydrogen-bond donors (Lipinski definition) is 3. The van der Waals surface area contributed by atoms with Crippen molar-refractivity contribution in [1.29, 1.82) is 0 Å². The first-order valence-corrected chi connectivity index (χ1v) is 8.23. The van der Waals surface area contributed by atoms with Crippen molar-refractivity contribution < 1.29 is 14.8 Å². The van der Waals surface area contributed by atoms with E-state index in [4.69, 9.17) is 5.21 Å². The fourth-order valence-corrected chi connectivity index (χ4v) is 3.49. The van der Waals surface area contributed by atoms with Gasteiger partial charge in [-0.05, 0) is 24.3 Å². The summed E-state index contributed by atoms with van der Waals surface area (Å²) in [5, 5.41) is 13.6. The van der Waals surface area contributed by atoms with Gasteiger partial charge in [0.1, 0.15) is 0 Å². The normalized spacial score (nSPS) is 10.3. The second kappa shape index (κ2) is 6.69. The summed E-state index contributed by atoms with van der Waals surface area (Å²) in [6.07, 6.45) is 0. The number of aromatic nitrogens is 1. The van der Waals surface area contributed by atoms with E-state index < -0.39 is 5.91 Å². The Hall–Kier alpha value is -2.55. The largest absolute Gasteiger partial charge is 0.298 e. The van der Waals surface area contributed by atoms with Crippen LogP contribution in [0.5, 0.6) is 0 Å². The monoisotopic (exact) mass is 345 g/mol. The van der Waals surface area contributed by atoms with E-state index in [9.17, 15) is 9.59 Å². The summed E-state index contributed by atoms with van der Waals surface area (Å²) < 4.78 is 0. The molecule has 23 heavy (non-hydrogen) atoms. The SMILES string of the molecule is O=C(Nc1nc(-c2ccc(C(=O)NO)s2)cs1)c1ccccc1. The first-order chi connectivity index (χ1) is 11.2. The highest BCUT2D eigenvalue weighted by molar-refractivity contribution is 7.18. The highest BCUT2D eigenvalue weighted by atomic mass is 32.1. The van der Waals surface area contributed by atoms with Crippen LogP contribution in [-0.2, 0) is 0 Å². The molecule has 2 amide bonds. The zero-order valence-electron chi connectivity index (χ0n) is 11.6. The summed E-state index contributed by atoms with van der Waals surface area (Å²) in [4.78, 5) is 28.9. The highest BCUT2D eigenvalue weighted by Gasteiger charge is 2.13. The number of anilines is 1. The Morgan fingerprint density at radius 2 is 1.83 bits per heavy atom. The summed E-state index contributed by atoms with van der Waals surface area (Å²) in [7, 11) is 0. The van der Waals surface area contributed by atoms with Crippen LogP contribution in [-0.4, -0.2) is 22.0 Å². The molecule has 3 N–H and O–H groups in total. The third-order valence-electron chi connectivity index (χ3n) is 2.94. The molecular formula is C15H11N3O3S2. The van der Waals surface area contributed by atoms with Crippen molar-refractivity contribution in [2.24, 2.45) is 0 Å². The van der Waals surface area contributed by atoms with E-state index in [2.05, 4.69) is 10.3 Å². The minimum absolute atomic E-state index is 0.224. The number of thiazole rings is 1. The molecule has 0 fully saturated rings. The first-order valence-electron chi connectivity index (χ1n) is 6.54. The molecule has 1 aromatic carbocycles. The number of hydroxylamine groups is 1. The molecule has 3 rings (SSSR count). The zero-order valence-corrected chi connectivity index (χ0v) is 13.3. The fourth-order valence-electron chi connectivity index (χ4n) is 1.86. The zero-order chi connectivity index (χ0) is 16.2. The molecule has 2 aromatic heterocycles. The maximum atomic E-state index is 12.1. The van der Waals surface area contributed by atoms with E-state index in [0.29, 0.717) is 21.3 Å². The Morgan fingerprint density at radius 1 is 1.04 bits per heavy atom. The molecule has 0 spiro atoms. The maximum absolute atomic E-state index is 12.1. The van der Waals surface area contributed by atoms with Gasteiger partial charge in [-0.1, -0.05) is 18.2 Å². The van der Waals surface area contributed by atoms with Gasteiger partial charge in [-0.2, -0.15) is 0 Å². The Balaban J connectivity index is 1.74. The Labute approximate surface area is 139 Å². The van der Waals surface area contributed by atoms with Gasteiger partial charge in [0.25, 0.3) is 11.8 Å². The van der Waals surface area contributed by atoms with E-state index in [1.165, 1.54) is 22.7 Å². The molecule has 0 aliphatic rings. The van der Waals surface area contributed by atoms with Crippen LogP contribution in [0.2, 0.25) is 0 Å². The Kier molecular flexibility index (Phi) is 4.47. The molecule has 6 nitrogen and oxygen atoms in total.